The lowest BCUT2D eigenvalue weighted by Crippen LogP contribution is -2.57. The van der Waals surface area contributed by atoms with Gasteiger partial charge in [-0.15, -0.1) is 0 Å². The van der Waals surface area contributed by atoms with Crippen molar-refractivity contribution in [3.05, 3.63) is 11.7 Å². The number of nitrogens with zero attached hydrogens (tertiary/aromatic N) is 2. The van der Waals surface area contributed by atoms with Crippen LogP contribution in [0, 0.1) is 12.8 Å². The molecular weight excluding hydrogens is 308 g/mol. The number of rotatable bonds is 8. The molecule has 132 valence electrons. The molecule has 1 aromatic rings. The van der Waals surface area contributed by atoms with Gasteiger partial charge >= 0.3 is 0 Å². The van der Waals surface area contributed by atoms with E-state index in [1.54, 1.807) is 6.92 Å². The number of hydrogen-bond donors (Lipinski definition) is 2. The van der Waals surface area contributed by atoms with Crippen molar-refractivity contribution in [2.24, 2.45) is 5.92 Å². The molecule has 0 atom stereocenters. The molecule has 2 N–H and O–H groups in total. The van der Waals surface area contributed by atoms with Crippen molar-refractivity contribution < 1.29 is 14.1 Å². The maximum Gasteiger partial charge on any atom is 0.245 e. The Labute approximate surface area is 142 Å². The molecule has 2 fully saturated rings. The molecule has 3 rings (SSSR count). The first-order chi connectivity index (χ1) is 11.6. The minimum absolute atomic E-state index is 0.00669. The summed E-state index contributed by atoms with van der Waals surface area (Å²) >= 11 is 0. The third kappa shape index (κ3) is 4.33. The van der Waals surface area contributed by atoms with Crippen molar-refractivity contribution in [2.75, 3.05) is 6.54 Å². The number of aromatic nitrogens is 2. The van der Waals surface area contributed by atoms with Crippen LogP contribution in [0.3, 0.4) is 0 Å². The largest absolute Gasteiger partial charge is 0.354 e. The number of carbonyl (C=O) groups excluding carboxylic acids is 2. The Bertz CT molecular complexity index is 588. The zero-order chi connectivity index (χ0) is 17.0. The third-order valence-corrected chi connectivity index (χ3v) is 4.88. The van der Waals surface area contributed by atoms with Gasteiger partial charge in [-0.05, 0) is 44.9 Å². The van der Waals surface area contributed by atoms with Gasteiger partial charge in [0.2, 0.25) is 17.7 Å². The Morgan fingerprint density at radius 1 is 1.29 bits per heavy atom. The van der Waals surface area contributed by atoms with Gasteiger partial charge in [0.05, 0.1) is 0 Å². The second-order valence-corrected chi connectivity index (χ2v) is 7.08. The average molecular weight is 334 g/mol. The quantitative estimate of drug-likeness (QED) is 0.753. The highest BCUT2D eigenvalue weighted by Gasteiger charge is 2.42. The second-order valence-electron chi connectivity index (χ2n) is 7.08. The van der Waals surface area contributed by atoms with Gasteiger partial charge in [-0.1, -0.05) is 18.0 Å². The van der Waals surface area contributed by atoms with Gasteiger partial charge in [-0.25, -0.2) is 0 Å². The van der Waals surface area contributed by atoms with E-state index in [0.717, 1.165) is 32.2 Å². The minimum Gasteiger partial charge on any atom is -0.354 e. The lowest BCUT2D eigenvalue weighted by atomic mass is 9.95. The Morgan fingerprint density at radius 2 is 2.04 bits per heavy atom. The van der Waals surface area contributed by atoms with Crippen LogP contribution in [-0.2, 0) is 16.0 Å². The van der Waals surface area contributed by atoms with E-state index in [2.05, 4.69) is 20.8 Å². The summed E-state index contributed by atoms with van der Waals surface area (Å²) in [5.74, 6) is 1.72. The van der Waals surface area contributed by atoms with Crippen molar-refractivity contribution in [1.29, 1.82) is 0 Å². The zero-order valence-corrected chi connectivity index (χ0v) is 14.3. The molecule has 1 aromatic heterocycles. The van der Waals surface area contributed by atoms with Crippen molar-refractivity contribution in [3.63, 3.8) is 0 Å². The summed E-state index contributed by atoms with van der Waals surface area (Å²) in [5.41, 5.74) is -0.701. The molecular formula is C17H26N4O3. The normalized spacial score (nSPS) is 19.2. The predicted molar refractivity (Wildman–Crippen MR) is 87.0 cm³/mol. The summed E-state index contributed by atoms with van der Waals surface area (Å²) in [6, 6.07) is 0. The van der Waals surface area contributed by atoms with Crippen LogP contribution in [0.25, 0.3) is 0 Å². The molecule has 0 saturated heterocycles. The van der Waals surface area contributed by atoms with Gasteiger partial charge in [-0.2, -0.15) is 4.98 Å². The van der Waals surface area contributed by atoms with Crippen molar-refractivity contribution >= 4 is 11.8 Å². The summed E-state index contributed by atoms with van der Waals surface area (Å²) in [4.78, 5) is 29.0. The first-order valence-electron chi connectivity index (χ1n) is 8.96. The standard InChI is InChI=1S/C17H26N4O3/c1-12-19-15(24-21-12)6-4-5-14(22)20-17(9-2-3-10-17)16(23)18-11-13-7-8-13/h13H,2-11H2,1H3,(H,18,23)(H,20,22). The summed E-state index contributed by atoms with van der Waals surface area (Å²) in [6.45, 7) is 2.51. The number of aryl methyl sites for hydroxylation is 2. The lowest BCUT2D eigenvalue weighted by molar-refractivity contribution is -0.133. The Morgan fingerprint density at radius 3 is 2.67 bits per heavy atom. The highest BCUT2D eigenvalue weighted by Crippen LogP contribution is 2.31. The highest BCUT2D eigenvalue weighted by atomic mass is 16.5. The van der Waals surface area contributed by atoms with E-state index in [-0.39, 0.29) is 11.8 Å². The van der Waals surface area contributed by atoms with Crippen LogP contribution >= 0.6 is 0 Å². The van der Waals surface area contributed by atoms with E-state index < -0.39 is 5.54 Å². The fourth-order valence-corrected chi connectivity index (χ4v) is 3.29. The van der Waals surface area contributed by atoms with Gasteiger partial charge in [0.1, 0.15) is 5.54 Å². The zero-order valence-electron chi connectivity index (χ0n) is 14.3. The topological polar surface area (TPSA) is 97.1 Å². The predicted octanol–water partition coefficient (Wildman–Crippen LogP) is 1.66. The minimum atomic E-state index is -0.701. The summed E-state index contributed by atoms with van der Waals surface area (Å²) < 4.78 is 5.04. The van der Waals surface area contributed by atoms with E-state index in [9.17, 15) is 9.59 Å². The maximum atomic E-state index is 12.6. The molecule has 0 spiro atoms. The number of hydrogen-bond acceptors (Lipinski definition) is 5. The van der Waals surface area contributed by atoms with Crippen molar-refractivity contribution in [1.82, 2.24) is 20.8 Å². The molecule has 0 aliphatic heterocycles. The fraction of sp³-hybridized carbons (Fsp3) is 0.765. The molecule has 7 nitrogen and oxygen atoms in total. The SMILES string of the molecule is Cc1noc(CCCC(=O)NC2(C(=O)NCC3CC3)CCCC2)n1. The van der Waals surface area contributed by atoms with Crippen LogP contribution in [0.15, 0.2) is 4.52 Å². The molecule has 0 aromatic carbocycles. The van der Waals surface area contributed by atoms with Crippen LogP contribution in [-0.4, -0.2) is 34.0 Å². The van der Waals surface area contributed by atoms with Crippen molar-refractivity contribution in [3.8, 4) is 0 Å². The number of nitrogens with one attached hydrogen (secondary N) is 2. The van der Waals surface area contributed by atoms with E-state index in [1.165, 1.54) is 12.8 Å². The van der Waals surface area contributed by atoms with Gasteiger partial charge in [-0.3, -0.25) is 9.59 Å². The number of amides is 2. The summed E-state index contributed by atoms with van der Waals surface area (Å²) in [5, 5.41) is 9.77. The smallest absolute Gasteiger partial charge is 0.245 e. The highest BCUT2D eigenvalue weighted by molar-refractivity contribution is 5.91. The molecule has 7 heteroatoms. The van der Waals surface area contributed by atoms with E-state index in [1.807, 2.05) is 0 Å². The first-order valence-corrected chi connectivity index (χ1v) is 8.96. The molecule has 2 saturated carbocycles. The molecule has 2 aliphatic rings. The van der Waals surface area contributed by atoms with E-state index in [0.29, 0.717) is 36.9 Å². The van der Waals surface area contributed by atoms with Gasteiger partial charge in [0, 0.05) is 19.4 Å². The first kappa shape index (κ1) is 16.9. The molecule has 2 aliphatic carbocycles. The Balaban J connectivity index is 1.46. The molecule has 0 bridgehead atoms. The molecule has 2 amide bonds. The van der Waals surface area contributed by atoms with Gasteiger partial charge < -0.3 is 15.2 Å². The second kappa shape index (κ2) is 7.32. The Hall–Kier alpha value is -1.92. The monoisotopic (exact) mass is 334 g/mol. The Kier molecular flexibility index (Phi) is 5.16. The van der Waals surface area contributed by atoms with Crippen LogP contribution in [0.1, 0.15) is 63.1 Å². The van der Waals surface area contributed by atoms with Gasteiger partial charge in [0.15, 0.2) is 5.82 Å². The van der Waals surface area contributed by atoms with Crippen LogP contribution < -0.4 is 10.6 Å². The molecule has 0 unspecified atom stereocenters. The van der Waals surface area contributed by atoms with E-state index >= 15 is 0 Å². The molecule has 24 heavy (non-hydrogen) atoms. The third-order valence-electron chi connectivity index (χ3n) is 4.88. The maximum absolute atomic E-state index is 12.6. The number of carbonyl (C=O) groups is 2. The van der Waals surface area contributed by atoms with E-state index in [4.69, 9.17) is 4.52 Å². The van der Waals surface area contributed by atoms with Crippen LogP contribution in [0.4, 0.5) is 0 Å². The van der Waals surface area contributed by atoms with Gasteiger partial charge in [0.25, 0.3) is 0 Å². The average Bonchev–Trinajstić information content (AvgIpc) is 3.11. The van der Waals surface area contributed by atoms with Crippen molar-refractivity contribution in [2.45, 2.75) is 70.3 Å². The summed E-state index contributed by atoms with van der Waals surface area (Å²) in [7, 11) is 0. The molecule has 0 radical (unpaired) electrons. The van der Waals surface area contributed by atoms with Crippen LogP contribution in [0.2, 0.25) is 0 Å². The molecule has 1 heterocycles. The van der Waals surface area contributed by atoms with Crippen LogP contribution in [0.5, 0.6) is 0 Å². The lowest BCUT2D eigenvalue weighted by Gasteiger charge is -2.29. The fourth-order valence-electron chi connectivity index (χ4n) is 3.29. The summed E-state index contributed by atoms with van der Waals surface area (Å²) in [6.07, 6.45) is 7.41.